The Balaban J connectivity index is 2.06. The minimum atomic E-state index is -0.945. The Hall–Kier alpha value is -1.99. The summed E-state index contributed by atoms with van der Waals surface area (Å²) in [4.78, 5) is 25.1. The van der Waals surface area contributed by atoms with Crippen molar-refractivity contribution in [3.63, 3.8) is 0 Å². The SMILES string of the molecule is CCCCSc1cc(O)n(CCCC(=O)NCCOCCOCCNC(=O)C(C)(C)OCCC(C)(C)OC)c1O. The summed E-state index contributed by atoms with van der Waals surface area (Å²) in [5.41, 5.74) is -1.24. The number of rotatable bonds is 23. The van der Waals surface area contributed by atoms with Crippen LogP contribution in [0, 0.1) is 0 Å². The van der Waals surface area contributed by atoms with E-state index in [4.69, 9.17) is 18.9 Å². The summed E-state index contributed by atoms with van der Waals surface area (Å²) >= 11 is 1.52. The number of methoxy groups -OCH3 is 1. The maximum Gasteiger partial charge on any atom is 0.251 e. The number of thioether (sulfide) groups is 1. The third-order valence-electron chi connectivity index (χ3n) is 6.29. The Labute approximate surface area is 243 Å². The number of ether oxygens (including phenoxy) is 4. The van der Waals surface area contributed by atoms with Crippen LogP contribution in [0.4, 0.5) is 0 Å². The Morgan fingerprint density at radius 2 is 1.62 bits per heavy atom. The van der Waals surface area contributed by atoms with E-state index in [1.807, 2.05) is 13.8 Å². The highest BCUT2D eigenvalue weighted by Gasteiger charge is 2.29. The van der Waals surface area contributed by atoms with Crippen LogP contribution in [-0.4, -0.2) is 96.8 Å². The number of unbranched alkanes of at least 4 members (excludes halogenated alkanes) is 1. The molecule has 1 rings (SSSR count). The summed E-state index contributed by atoms with van der Waals surface area (Å²) in [6.45, 7) is 12.5. The fourth-order valence-corrected chi connectivity index (χ4v) is 4.48. The number of hydrogen-bond donors (Lipinski definition) is 4. The van der Waals surface area contributed by atoms with Crippen molar-refractivity contribution in [2.75, 3.05) is 59.0 Å². The van der Waals surface area contributed by atoms with Gasteiger partial charge in [-0.15, -0.1) is 11.8 Å². The summed E-state index contributed by atoms with van der Waals surface area (Å²) in [5, 5.41) is 26.0. The summed E-state index contributed by atoms with van der Waals surface area (Å²) in [6.07, 6.45) is 3.55. The molecular formula is C28H51N3O8S. The van der Waals surface area contributed by atoms with Crippen LogP contribution in [0.15, 0.2) is 11.0 Å². The lowest BCUT2D eigenvalue weighted by atomic mass is 10.1. The minimum Gasteiger partial charge on any atom is -0.494 e. The highest BCUT2D eigenvalue weighted by atomic mass is 32.2. The van der Waals surface area contributed by atoms with Gasteiger partial charge in [-0.1, -0.05) is 13.3 Å². The first-order chi connectivity index (χ1) is 18.9. The normalized spacial score (nSPS) is 12.1. The number of nitrogens with zero attached hydrogens (tertiary/aromatic N) is 1. The average molecular weight is 590 g/mol. The Bertz CT molecular complexity index is 876. The van der Waals surface area contributed by atoms with E-state index in [1.165, 1.54) is 16.3 Å². The molecule has 0 aliphatic heterocycles. The molecular weight excluding hydrogens is 538 g/mol. The lowest BCUT2D eigenvalue weighted by Crippen LogP contribution is -2.46. The zero-order chi connectivity index (χ0) is 30.0. The molecule has 0 aliphatic carbocycles. The molecule has 0 radical (unpaired) electrons. The van der Waals surface area contributed by atoms with Crippen molar-refractivity contribution in [1.29, 1.82) is 0 Å². The number of aromatic hydroxyl groups is 2. The van der Waals surface area contributed by atoms with Crippen molar-refractivity contribution in [2.24, 2.45) is 0 Å². The molecule has 1 aromatic rings. The number of carbonyl (C=O) groups excluding carboxylic acids is 2. The highest BCUT2D eigenvalue weighted by molar-refractivity contribution is 7.99. The van der Waals surface area contributed by atoms with E-state index in [0.29, 0.717) is 70.4 Å². The highest BCUT2D eigenvalue weighted by Crippen LogP contribution is 2.36. The summed E-state index contributed by atoms with van der Waals surface area (Å²) in [5.74, 6) is 0.616. The Morgan fingerprint density at radius 1 is 0.975 bits per heavy atom. The summed E-state index contributed by atoms with van der Waals surface area (Å²) in [6, 6.07) is 1.57. The van der Waals surface area contributed by atoms with E-state index in [2.05, 4.69) is 17.6 Å². The molecule has 11 nitrogen and oxygen atoms in total. The third-order valence-corrected chi connectivity index (χ3v) is 7.40. The number of carbonyl (C=O) groups is 2. The number of aromatic nitrogens is 1. The zero-order valence-electron chi connectivity index (χ0n) is 25.2. The van der Waals surface area contributed by atoms with E-state index < -0.39 is 5.60 Å². The van der Waals surface area contributed by atoms with Crippen molar-refractivity contribution < 1.29 is 38.7 Å². The first kappa shape index (κ1) is 36.0. The van der Waals surface area contributed by atoms with Crippen molar-refractivity contribution in [3.05, 3.63) is 6.07 Å². The van der Waals surface area contributed by atoms with Gasteiger partial charge in [-0.25, -0.2) is 0 Å². The van der Waals surface area contributed by atoms with Gasteiger partial charge in [-0.05, 0) is 52.7 Å². The van der Waals surface area contributed by atoms with Crippen molar-refractivity contribution in [3.8, 4) is 11.8 Å². The maximum atomic E-state index is 12.4. The Morgan fingerprint density at radius 3 is 2.25 bits per heavy atom. The van der Waals surface area contributed by atoms with Crippen LogP contribution in [0.1, 0.15) is 66.7 Å². The van der Waals surface area contributed by atoms with Gasteiger partial charge in [-0.2, -0.15) is 0 Å². The predicted octanol–water partition coefficient (Wildman–Crippen LogP) is 3.45. The molecule has 4 N–H and O–H groups in total. The summed E-state index contributed by atoms with van der Waals surface area (Å²) in [7, 11) is 1.65. The lowest BCUT2D eigenvalue weighted by Gasteiger charge is -2.28. The number of nitrogens with one attached hydrogen (secondary N) is 2. The molecule has 232 valence electrons. The molecule has 0 aliphatic rings. The van der Waals surface area contributed by atoms with Gasteiger partial charge >= 0.3 is 0 Å². The zero-order valence-corrected chi connectivity index (χ0v) is 26.0. The van der Waals surface area contributed by atoms with Crippen LogP contribution >= 0.6 is 11.8 Å². The van der Waals surface area contributed by atoms with E-state index in [-0.39, 0.29) is 35.6 Å². The van der Waals surface area contributed by atoms with Gasteiger partial charge in [0.1, 0.15) is 5.60 Å². The van der Waals surface area contributed by atoms with E-state index in [0.717, 1.165) is 18.6 Å². The second kappa shape index (κ2) is 19.2. The predicted molar refractivity (Wildman–Crippen MR) is 156 cm³/mol. The molecule has 0 bridgehead atoms. The summed E-state index contributed by atoms with van der Waals surface area (Å²) < 4.78 is 23.5. The smallest absolute Gasteiger partial charge is 0.251 e. The monoisotopic (exact) mass is 589 g/mol. The fourth-order valence-electron chi connectivity index (χ4n) is 3.39. The van der Waals surface area contributed by atoms with E-state index in [1.54, 1.807) is 27.0 Å². The molecule has 1 aromatic heterocycles. The second-order valence-electron chi connectivity index (χ2n) is 10.6. The van der Waals surface area contributed by atoms with Gasteiger partial charge in [0.25, 0.3) is 5.91 Å². The molecule has 0 fully saturated rings. The van der Waals surface area contributed by atoms with Crippen molar-refractivity contribution >= 4 is 23.6 Å². The topological polar surface area (TPSA) is 141 Å². The number of amides is 2. The molecule has 2 amide bonds. The molecule has 0 spiro atoms. The minimum absolute atomic E-state index is 0.00526. The molecule has 0 aromatic carbocycles. The standard InChI is InChI=1S/C28H51N3O8S/c1-7-8-20-40-22-21-24(33)31(25(22)34)14-9-10-23(32)29-12-16-37-18-19-38-17-13-30-26(35)28(4,5)39-15-11-27(2,3)36-6/h21,33-34H,7-20H2,1-6H3,(H,29,32)(H,30,35). The fraction of sp³-hybridized carbons (Fsp3) is 0.786. The van der Waals surface area contributed by atoms with Crippen LogP contribution in [0.25, 0.3) is 0 Å². The lowest BCUT2D eigenvalue weighted by molar-refractivity contribution is -0.145. The van der Waals surface area contributed by atoms with Crippen LogP contribution in [0.5, 0.6) is 11.8 Å². The molecule has 1 heterocycles. The first-order valence-corrected chi connectivity index (χ1v) is 15.1. The average Bonchev–Trinajstić information content (AvgIpc) is 3.17. The molecule has 0 saturated heterocycles. The van der Waals surface area contributed by atoms with Crippen LogP contribution in [0.2, 0.25) is 0 Å². The van der Waals surface area contributed by atoms with Gasteiger partial charge in [0.2, 0.25) is 11.8 Å². The van der Waals surface area contributed by atoms with Gasteiger partial charge in [0, 0.05) is 39.2 Å². The van der Waals surface area contributed by atoms with Crippen LogP contribution in [-0.2, 0) is 35.1 Å². The van der Waals surface area contributed by atoms with Gasteiger partial charge in [0.05, 0.1) is 43.5 Å². The quantitative estimate of drug-likeness (QED) is 0.112. The maximum absolute atomic E-state index is 12.4. The van der Waals surface area contributed by atoms with E-state index in [9.17, 15) is 19.8 Å². The van der Waals surface area contributed by atoms with Crippen LogP contribution < -0.4 is 10.6 Å². The first-order valence-electron chi connectivity index (χ1n) is 14.1. The molecule has 0 atom stereocenters. The Kier molecular flexibility index (Phi) is 17.3. The van der Waals surface area contributed by atoms with Crippen LogP contribution in [0.3, 0.4) is 0 Å². The van der Waals surface area contributed by atoms with Gasteiger partial charge in [-0.3, -0.25) is 14.2 Å². The molecule has 0 unspecified atom stereocenters. The third kappa shape index (κ3) is 14.6. The van der Waals surface area contributed by atoms with E-state index >= 15 is 0 Å². The van der Waals surface area contributed by atoms with Crippen molar-refractivity contribution in [1.82, 2.24) is 15.2 Å². The molecule has 12 heteroatoms. The molecule has 0 saturated carbocycles. The molecule has 40 heavy (non-hydrogen) atoms. The second-order valence-corrected chi connectivity index (χ2v) is 11.7. The largest absolute Gasteiger partial charge is 0.494 e. The van der Waals surface area contributed by atoms with Gasteiger partial charge in [0.15, 0.2) is 5.88 Å². The van der Waals surface area contributed by atoms with Gasteiger partial charge < -0.3 is 39.8 Å². The number of hydrogen-bond acceptors (Lipinski definition) is 9. The van der Waals surface area contributed by atoms with Crippen molar-refractivity contribution in [2.45, 2.75) is 89.4 Å².